The van der Waals surface area contributed by atoms with Crippen LogP contribution in [0, 0.1) is 0 Å². The van der Waals surface area contributed by atoms with Crippen molar-refractivity contribution in [2.24, 2.45) is 0 Å². The molecule has 0 saturated heterocycles. The standard InChI is InChI=1S/C25H30N2O6/c1-5-33-25(30)14-21-20-13-23(32-4)22(31-3)12-18(20)10-11-27(21)15-24(29)26-19-8-6-17(7-9-19)16(2)28/h6-9,12-13,21H,5,10-11,14-15H2,1-4H3,(H,26,29). The van der Waals surface area contributed by atoms with Crippen LogP contribution < -0.4 is 14.8 Å². The summed E-state index contributed by atoms with van der Waals surface area (Å²) in [4.78, 5) is 38.6. The van der Waals surface area contributed by atoms with Crippen LogP contribution >= 0.6 is 0 Å². The number of carbonyl (C=O) groups is 3. The summed E-state index contributed by atoms with van der Waals surface area (Å²) in [5.41, 5.74) is 3.17. The third-order valence-electron chi connectivity index (χ3n) is 5.70. The number of benzene rings is 2. The zero-order chi connectivity index (χ0) is 24.0. The van der Waals surface area contributed by atoms with Crippen LogP contribution in [0.5, 0.6) is 11.5 Å². The van der Waals surface area contributed by atoms with E-state index in [4.69, 9.17) is 14.2 Å². The number of methoxy groups -OCH3 is 2. The fourth-order valence-corrected chi connectivity index (χ4v) is 4.06. The maximum absolute atomic E-state index is 12.8. The highest BCUT2D eigenvalue weighted by Crippen LogP contribution is 2.39. The van der Waals surface area contributed by atoms with E-state index in [0.29, 0.717) is 42.3 Å². The molecule has 8 heteroatoms. The normalized spacial score (nSPS) is 15.3. The summed E-state index contributed by atoms with van der Waals surface area (Å²) in [5, 5.41) is 2.87. The minimum absolute atomic E-state index is 0.0336. The molecule has 1 N–H and O–H groups in total. The Hall–Kier alpha value is -3.39. The molecule has 3 rings (SSSR count). The van der Waals surface area contributed by atoms with Crippen LogP contribution in [0.3, 0.4) is 0 Å². The van der Waals surface area contributed by atoms with Gasteiger partial charge >= 0.3 is 5.97 Å². The Morgan fingerprint density at radius 2 is 1.73 bits per heavy atom. The lowest BCUT2D eigenvalue weighted by Gasteiger charge is -2.37. The number of hydrogen-bond acceptors (Lipinski definition) is 7. The first-order valence-corrected chi connectivity index (χ1v) is 10.9. The molecule has 0 fully saturated rings. The van der Waals surface area contributed by atoms with Crippen molar-refractivity contribution in [2.45, 2.75) is 32.7 Å². The van der Waals surface area contributed by atoms with E-state index in [9.17, 15) is 14.4 Å². The Balaban J connectivity index is 1.81. The average Bonchev–Trinajstić information content (AvgIpc) is 2.80. The lowest BCUT2D eigenvalue weighted by atomic mass is 9.90. The highest BCUT2D eigenvalue weighted by Gasteiger charge is 2.32. The van der Waals surface area contributed by atoms with Crippen molar-refractivity contribution in [1.82, 2.24) is 4.90 Å². The molecule has 1 heterocycles. The van der Waals surface area contributed by atoms with E-state index in [1.165, 1.54) is 6.92 Å². The molecule has 0 radical (unpaired) electrons. The molecule has 33 heavy (non-hydrogen) atoms. The minimum Gasteiger partial charge on any atom is -0.493 e. The van der Waals surface area contributed by atoms with Crippen LogP contribution in [-0.4, -0.2) is 56.5 Å². The van der Waals surface area contributed by atoms with Gasteiger partial charge in [0.25, 0.3) is 0 Å². The van der Waals surface area contributed by atoms with Gasteiger partial charge in [0.1, 0.15) is 0 Å². The number of esters is 1. The number of rotatable bonds is 9. The van der Waals surface area contributed by atoms with Gasteiger partial charge in [0.05, 0.1) is 33.8 Å². The first-order valence-electron chi connectivity index (χ1n) is 10.9. The van der Waals surface area contributed by atoms with Gasteiger partial charge in [0.15, 0.2) is 17.3 Å². The first-order chi connectivity index (χ1) is 15.9. The molecule has 1 aliphatic rings. The Bertz CT molecular complexity index is 1020. The van der Waals surface area contributed by atoms with Crippen molar-refractivity contribution in [3.63, 3.8) is 0 Å². The van der Waals surface area contributed by atoms with Crippen molar-refractivity contribution in [1.29, 1.82) is 0 Å². The third kappa shape index (κ3) is 5.90. The Labute approximate surface area is 193 Å². The Morgan fingerprint density at radius 1 is 1.06 bits per heavy atom. The number of amides is 1. The van der Waals surface area contributed by atoms with E-state index in [-0.39, 0.29) is 36.7 Å². The second kappa shape index (κ2) is 11.0. The average molecular weight is 455 g/mol. The largest absolute Gasteiger partial charge is 0.493 e. The topological polar surface area (TPSA) is 94.2 Å². The molecule has 2 aromatic carbocycles. The number of hydrogen-bond donors (Lipinski definition) is 1. The number of nitrogens with one attached hydrogen (secondary N) is 1. The van der Waals surface area contributed by atoms with Gasteiger partial charge in [-0.1, -0.05) is 0 Å². The van der Waals surface area contributed by atoms with Gasteiger partial charge in [-0.25, -0.2) is 0 Å². The van der Waals surface area contributed by atoms with E-state index in [1.807, 2.05) is 17.0 Å². The van der Waals surface area contributed by atoms with Crippen LogP contribution in [0.4, 0.5) is 5.69 Å². The number of carbonyl (C=O) groups excluding carboxylic acids is 3. The molecule has 8 nitrogen and oxygen atoms in total. The molecule has 1 atom stereocenters. The van der Waals surface area contributed by atoms with Crippen LogP contribution in [-0.2, 0) is 20.7 Å². The summed E-state index contributed by atoms with van der Waals surface area (Å²) in [6.07, 6.45) is 0.826. The van der Waals surface area contributed by atoms with Gasteiger partial charge in [0.2, 0.25) is 5.91 Å². The van der Waals surface area contributed by atoms with Gasteiger partial charge in [-0.05, 0) is 67.8 Å². The molecular weight excluding hydrogens is 424 g/mol. The van der Waals surface area contributed by atoms with E-state index in [0.717, 1.165) is 11.1 Å². The molecule has 176 valence electrons. The predicted molar refractivity (Wildman–Crippen MR) is 124 cm³/mol. The van der Waals surface area contributed by atoms with Gasteiger partial charge in [-0.3, -0.25) is 19.3 Å². The zero-order valence-electron chi connectivity index (χ0n) is 19.5. The first kappa shape index (κ1) is 24.3. The van der Waals surface area contributed by atoms with Gasteiger partial charge < -0.3 is 19.5 Å². The predicted octanol–water partition coefficient (Wildman–Crippen LogP) is 3.40. The number of Topliss-reactive ketones (excluding diaryl/α,β-unsaturated/α-hetero) is 1. The second-order valence-electron chi connectivity index (χ2n) is 7.83. The summed E-state index contributed by atoms with van der Waals surface area (Å²) < 4.78 is 16.1. The van der Waals surface area contributed by atoms with Crippen molar-refractivity contribution in [3.05, 3.63) is 53.1 Å². The van der Waals surface area contributed by atoms with E-state index >= 15 is 0 Å². The quantitative estimate of drug-likeness (QED) is 0.458. The summed E-state index contributed by atoms with van der Waals surface area (Å²) >= 11 is 0. The number of ether oxygens (including phenoxy) is 3. The van der Waals surface area contributed by atoms with E-state index < -0.39 is 0 Å². The van der Waals surface area contributed by atoms with Gasteiger partial charge in [-0.2, -0.15) is 0 Å². The highest BCUT2D eigenvalue weighted by atomic mass is 16.5. The molecular formula is C25H30N2O6. The van der Waals surface area contributed by atoms with Crippen molar-refractivity contribution >= 4 is 23.3 Å². The maximum atomic E-state index is 12.8. The number of nitrogens with zero attached hydrogens (tertiary/aromatic N) is 1. The highest BCUT2D eigenvalue weighted by molar-refractivity contribution is 5.96. The Kier molecular flexibility index (Phi) is 8.06. The van der Waals surface area contributed by atoms with E-state index in [1.54, 1.807) is 45.4 Å². The van der Waals surface area contributed by atoms with Gasteiger partial charge in [0, 0.05) is 23.8 Å². The summed E-state index contributed by atoms with van der Waals surface area (Å²) in [6.45, 7) is 4.26. The number of ketones is 1. The summed E-state index contributed by atoms with van der Waals surface area (Å²) in [5.74, 6) is 0.640. The number of anilines is 1. The van der Waals surface area contributed by atoms with Gasteiger partial charge in [-0.15, -0.1) is 0 Å². The molecule has 1 unspecified atom stereocenters. The molecule has 1 aliphatic heterocycles. The smallest absolute Gasteiger partial charge is 0.307 e. The SMILES string of the molecule is CCOC(=O)CC1c2cc(OC)c(OC)cc2CCN1CC(=O)Nc1ccc(C(C)=O)cc1. The lowest BCUT2D eigenvalue weighted by Crippen LogP contribution is -2.41. The van der Waals surface area contributed by atoms with Crippen LogP contribution in [0.15, 0.2) is 36.4 Å². The van der Waals surface area contributed by atoms with Crippen LogP contribution in [0.25, 0.3) is 0 Å². The van der Waals surface area contributed by atoms with E-state index in [2.05, 4.69) is 5.32 Å². The van der Waals surface area contributed by atoms with Crippen molar-refractivity contribution in [2.75, 3.05) is 39.2 Å². The molecule has 0 spiro atoms. The third-order valence-corrected chi connectivity index (χ3v) is 5.70. The molecule has 0 aliphatic carbocycles. The molecule has 1 amide bonds. The summed E-state index contributed by atoms with van der Waals surface area (Å²) in [6, 6.07) is 10.2. The van der Waals surface area contributed by atoms with Crippen molar-refractivity contribution < 1.29 is 28.6 Å². The fraction of sp³-hybridized carbons (Fsp3) is 0.400. The second-order valence-corrected chi connectivity index (χ2v) is 7.83. The lowest BCUT2D eigenvalue weighted by molar-refractivity contribution is -0.145. The number of fused-ring (bicyclic) bond motifs is 1. The maximum Gasteiger partial charge on any atom is 0.307 e. The molecule has 0 saturated carbocycles. The zero-order valence-corrected chi connectivity index (χ0v) is 19.5. The molecule has 0 bridgehead atoms. The fourth-order valence-electron chi connectivity index (χ4n) is 4.06. The molecule has 2 aromatic rings. The molecule has 0 aromatic heterocycles. The van der Waals surface area contributed by atoms with Crippen molar-refractivity contribution in [3.8, 4) is 11.5 Å². The minimum atomic E-state index is -0.335. The monoisotopic (exact) mass is 454 g/mol. The summed E-state index contributed by atoms with van der Waals surface area (Å²) in [7, 11) is 3.15. The van der Waals surface area contributed by atoms with Crippen LogP contribution in [0.2, 0.25) is 0 Å². The Morgan fingerprint density at radius 3 is 2.33 bits per heavy atom. The van der Waals surface area contributed by atoms with Crippen LogP contribution in [0.1, 0.15) is 47.8 Å².